The van der Waals surface area contributed by atoms with Crippen LogP contribution in [-0.2, 0) is 4.79 Å². The van der Waals surface area contributed by atoms with Crippen molar-refractivity contribution in [2.45, 2.75) is 40.2 Å². The summed E-state index contributed by atoms with van der Waals surface area (Å²) in [5.74, 6) is -0.981. The summed E-state index contributed by atoms with van der Waals surface area (Å²) in [6.07, 6.45) is -1.17. The Hall–Kier alpha value is -1.35. The van der Waals surface area contributed by atoms with Gasteiger partial charge in [0.05, 0.1) is 12.5 Å². The number of hydrogen-bond acceptors (Lipinski definition) is 2. The Morgan fingerprint density at radius 1 is 1.19 bits per heavy atom. The largest absolute Gasteiger partial charge is 0.481 e. The van der Waals surface area contributed by atoms with Gasteiger partial charge < -0.3 is 10.2 Å². The lowest BCUT2D eigenvalue weighted by Gasteiger charge is -2.19. The molecule has 0 bridgehead atoms. The van der Waals surface area contributed by atoms with Gasteiger partial charge in [0.15, 0.2) is 0 Å². The van der Waals surface area contributed by atoms with E-state index in [1.165, 1.54) is 0 Å². The second kappa shape index (κ2) is 4.66. The molecule has 0 radical (unpaired) electrons. The maximum absolute atomic E-state index is 10.6. The van der Waals surface area contributed by atoms with Gasteiger partial charge in [0, 0.05) is 0 Å². The zero-order chi connectivity index (χ0) is 12.5. The van der Waals surface area contributed by atoms with E-state index in [9.17, 15) is 9.90 Å². The molecule has 0 amide bonds. The van der Waals surface area contributed by atoms with Crippen molar-refractivity contribution in [1.29, 1.82) is 0 Å². The van der Waals surface area contributed by atoms with Gasteiger partial charge in [-0.25, -0.2) is 0 Å². The summed E-state index contributed by atoms with van der Waals surface area (Å²) in [6, 6.07) is 2.06. The minimum Gasteiger partial charge on any atom is -0.481 e. The zero-order valence-corrected chi connectivity index (χ0v) is 10.2. The maximum Gasteiger partial charge on any atom is 0.306 e. The first kappa shape index (κ1) is 12.7. The second-order valence-corrected chi connectivity index (χ2v) is 4.29. The van der Waals surface area contributed by atoms with Crippen LogP contribution in [0.1, 0.15) is 40.3 Å². The Labute approximate surface area is 95.7 Å². The van der Waals surface area contributed by atoms with Crippen LogP contribution >= 0.6 is 0 Å². The summed E-state index contributed by atoms with van der Waals surface area (Å²) in [6.45, 7) is 7.78. The fourth-order valence-electron chi connectivity index (χ4n) is 2.01. The summed E-state index contributed by atoms with van der Waals surface area (Å²) in [5.41, 5.74) is 4.90. The molecule has 1 atom stereocenters. The van der Waals surface area contributed by atoms with Crippen LogP contribution in [0.5, 0.6) is 0 Å². The van der Waals surface area contributed by atoms with Crippen molar-refractivity contribution >= 4 is 5.97 Å². The van der Waals surface area contributed by atoms with Crippen molar-refractivity contribution in [3.8, 4) is 0 Å². The molecule has 0 saturated heterocycles. The molecule has 16 heavy (non-hydrogen) atoms. The highest BCUT2D eigenvalue weighted by Crippen LogP contribution is 2.28. The van der Waals surface area contributed by atoms with E-state index in [0.717, 1.165) is 27.8 Å². The third kappa shape index (κ3) is 2.42. The molecule has 0 aliphatic rings. The van der Waals surface area contributed by atoms with E-state index in [1.54, 1.807) is 0 Å². The normalized spacial score (nSPS) is 12.6. The lowest BCUT2D eigenvalue weighted by atomic mass is 9.90. The first-order valence-corrected chi connectivity index (χ1v) is 5.31. The smallest absolute Gasteiger partial charge is 0.306 e. The molecule has 0 saturated carbocycles. The maximum atomic E-state index is 10.6. The minimum absolute atomic E-state index is 0.245. The second-order valence-electron chi connectivity index (χ2n) is 4.29. The molecule has 0 aromatic heterocycles. The summed E-state index contributed by atoms with van der Waals surface area (Å²) in [7, 11) is 0. The third-order valence-corrected chi connectivity index (χ3v) is 3.13. The van der Waals surface area contributed by atoms with Crippen LogP contribution in [0.3, 0.4) is 0 Å². The molecule has 0 spiro atoms. The van der Waals surface area contributed by atoms with Gasteiger partial charge in [0.1, 0.15) is 0 Å². The van der Waals surface area contributed by atoms with E-state index in [2.05, 4.69) is 6.07 Å². The number of hydrogen-bond donors (Lipinski definition) is 2. The number of aliphatic hydroxyl groups is 1. The van der Waals surface area contributed by atoms with E-state index in [1.807, 2.05) is 27.7 Å². The molecule has 1 unspecified atom stereocenters. The van der Waals surface area contributed by atoms with E-state index in [0.29, 0.717) is 0 Å². The summed E-state index contributed by atoms with van der Waals surface area (Å²) >= 11 is 0. The first-order chi connectivity index (χ1) is 7.34. The predicted molar refractivity (Wildman–Crippen MR) is 62.6 cm³/mol. The van der Waals surface area contributed by atoms with Gasteiger partial charge in [-0.2, -0.15) is 0 Å². The van der Waals surface area contributed by atoms with Crippen LogP contribution in [0.15, 0.2) is 6.07 Å². The first-order valence-electron chi connectivity index (χ1n) is 5.31. The molecule has 1 aromatic carbocycles. The minimum atomic E-state index is -0.981. The lowest BCUT2D eigenvalue weighted by molar-refractivity contribution is -0.139. The summed E-state index contributed by atoms with van der Waals surface area (Å²) in [5, 5.41) is 18.6. The van der Waals surface area contributed by atoms with E-state index in [-0.39, 0.29) is 6.42 Å². The Morgan fingerprint density at radius 2 is 1.62 bits per heavy atom. The highest BCUT2D eigenvalue weighted by molar-refractivity contribution is 5.68. The van der Waals surface area contributed by atoms with Crippen LogP contribution in [-0.4, -0.2) is 16.2 Å². The third-order valence-electron chi connectivity index (χ3n) is 3.13. The Morgan fingerprint density at radius 3 is 2.00 bits per heavy atom. The van der Waals surface area contributed by atoms with Gasteiger partial charge in [0.2, 0.25) is 0 Å². The molecule has 0 fully saturated rings. The predicted octanol–water partition coefficient (Wildman–Crippen LogP) is 2.43. The van der Waals surface area contributed by atoms with Crippen LogP contribution in [0, 0.1) is 27.7 Å². The molecule has 2 N–H and O–H groups in total. The van der Waals surface area contributed by atoms with Crippen molar-refractivity contribution in [1.82, 2.24) is 0 Å². The van der Waals surface area contributed by atoms with Gasteiger partial charge >= 0.3 is 5.97 Å². The summed E-state index contributed by atoms with van der Waals surface area (Å²) < 4.78 is 0. The van der Waals surface area contributed by atoms with Crippen molar-refractivity contribution in [3.05, 3.63) is 33.9 Å². The van der Waals surface area contributed by atoms with Crippen molar-refractivity contribution in [3.63, 3.8) is 0 Å². The Balaban J connectivity index is 3.26. The number of aliphatic carboxylic acids is 1. The monoisotopic (exact) mass is 222 g/mol. The molecule has 0 aliphatic carbocycles. The van der Waals surface area contributed by atoms with Crippen LogP contribution < -0.4 is 0 Å². The van der Waals surface area contributed by atoms with Crippen LogP contribution in [0.25, 0.3) is 0 Å². The van der Waals surface area contributed by atoms with Crippen LogP contribution in [0.2, 0.25) is 0 Å². The summed E-state index contributed by atoms with van der Waals surface area (Å²) in [4.78, 5) is 10.6. The number of carbonyl (C=O) groups is 1. The average molecular weight is 222 g/mol. The lowest BCUT2D eigenvalue weighted by Crippen LogP contribution is -2.10. The number of benzene rings is 1. The number of carboxylic acids is 1. The Bertz CT molecular complexity index is 395. The molecule has 3 heteroatoms. The topological polar surface area (TPSA) is 57.5 Å². The average Bonchev–Trinajstić information content (AvgIpc) is 2.14. The molecule has 3 nitrogen and oxygen atoms in total. The quantitative estimate of drug-likeness (QED) is 0.825. The highest BCUT2D eigenvalue weighted by atomic mass is 16.4. The van der Waals surface area contributed by atoms with Crippen molar-refractivity contribution in [2.75, 3.05) is 0 Å². The number of rotatable bonds is 3. The molecular weight excluding hydrogens is 204 g/mol. The molecule has 0 aliphatic heterocycles. The molecule has 0 heterocycles. The van der Waals surface area contributed by atoms with Crippen molar-refractivity contribution in [2.24, 2.45) is 0 Å². The SMILES string of the molecule is Cc1cc(C)c(C)c(C(O)CC(=O)O)c1C. The van der Waals surface area contributed by atoms with Gasteiger partial charge in [-0.15, -0.1) is 0 Å². The zero-order valence-electron chi connectivity index (χ0n) is 10.2. The highest BCUT2D eigenvalue weighted by Gasteiger charge is 2.18. The molecule has 88 valence electrons. The van der Waals surface area contributed by atoms with Gasteiger partial charge in [0.25, 0.3) is 0 Å². The van der Waals surface area contributed by atoms with Crippen molar-refractivity contribution < 1.29 is 15.0 Å². The van der Waals surface area contributed by atoms with Gasteiger partial charge in [-0.3, -0.25) is 4.79 Å². The molecule has 1 aromatic rings. The number of aryl methyl sites for hydroxylation is 2. The Kier molecular flexibility index (Phi) is 3.70. The number of aliphatic hydroxyl groups excluding tert-OH is 1. The number of carboxylic acid groups (broad SMARTS) is 1. The van der Waals surface area contributed by atoms with Gasteiger partial charge in [-0.1, -0.05) is 6.07 Å². The van der Waals surface area contributed by atoms with E-state index >= 15 is 0 Å². The standard InChI is InChI=1S/C13H18O3/c1-7-5-8(2)10(4)13(9(7)3)11(14)6-12(15)16/h5,11,14H,6H2,1-4H3,(H,15,16). The molecule has 1 rings (SSSR count). The van der Waals surface area contributed by atoms with E-state index < -0.39 is 12.1 Å². The van der Waals surface area contributed by atoms with Gasteiger partial charge in [-0.05, 0) is 55.5 Å². The fraction of sp³-hybridized carbons (Fsp3) is 0.462. The molecular formula is C13H18O3. The van der Waals surface area contributed by atoms with Crippen LogP contribution in [0.4, 0.5) is 0 Å². The fourth-order valence-corrected chi connectivity index (χ4v) is 2.01. The van der Waals surface area contributed by atoms with E-state index in [4.69, 9.17) is 5.11 Å².